The highest BCUT2D eigenvalue weighted by atomic mass is 16.3. The van der Waals surface area contributed by atoms with Gasteiger partial charge in [0.2, 0.25) is 5.91 Å². The van der Waals surface area contributed by atoms with Gasteiger partial charge in [-0.25, -0.2) is 0 Å². The van der Waals surface area contributed by atoms with Crippen LogP contribution in [0.4, 0.5) is 11.4 Å². The summed E-state index contributed by atoms with van der Waals surface area (Å²) in [6.07, 6.45) is 4.17. The monoisotopic (exact) mass is 443 g/mol. The highest BCUT2D eigenvalue weighted by molar-refractivity contribution is 5.97. The molecule has 1 N–H and O–H groups in total. The molecule has 3 aromatic rings. The molecule has 2 aliphatic heterocycles. The number of anilines is 2. The summed E-state index contributed by atoms with van der Waals surface area (Å²) in [7, 11) is 0. The number of amides is 2. The molecule has 1 saturated heterocycles. The number of hydrogen-bond donors (Lipinski definition) is 1. The number of hydrogen-bond acceptors (Lipinski definition) is 4. The van der Waals surface area contributed by atoms with Crippen molar-refractivity contribution in [3.8, 4) is 0 Å². The zero-order chi connectivity index (χ0) is 22.8. The molecule has 1 aromatic heterocycles. The number of nitrogens with zero attached hydrogens (tertiary/aromatic N) is 2. The Morgan fingerprint density at radius 1 is 1.06 bits per heavy atom. The molecule has 5 rings (SSSR count). The third-order valence-corrected chi connectivity index (χ3v) is 6.76. The average Bonchev–Trinajstić information content (AvgIpc) is 3.44. The van der Waals surface area contributed by atoms with E-state index in [-0.39, 0.29) is 17.7 Å². The van der Waals surface area contributed by atoms with Crippen molar-refractivity contribution in [2.45, 2.75) is 38.8 Å². The lowest BCUT2D eigenvalue weighted by molar-refractivity contribution is -0.121. The predicted molar refractivity (Wildman–Crippen MR) is 128 cm³/mol. The van der Waals surface area contributed by atoms with Gasteiger partial charge < -0.3 is 19.5 Å². The van der Waals surface area contributed by atoms with Gasteiger partial charge in [0.25, 0.3) is 5.91 Å². The molecule has 170 valence electrons. The molecule has 2 aromatic carbocycles. The maximum absolute atomic E-state index is 13.4. The fourth-order valence-corrected chi connectivity index (χ4v) is 4.99. The summed E-state index contributed by atoms with van der Waals surface area (Å²) in [5, 5.41) is 2.98. The van der Waals surface area contributed by atoms with Crippen LogP contribution >= 0.6 is 0 Å². The van der Waals surface area contributed by atoms with Crippen molar-refractivity contribution in [3.63, 3.8) is 0 Å². The predicted octanol–water partition coefficient (Wildman–Crippen LogP) is 4.72. The minimum atomic E-state index is -0.219. The van der Waals surface area contributed by atoms with Crippen LogP contribution in [0.15, 0.2) is 71.3 Å². The first-order valence-corrected chi connectivity index (χ1v) is 11.7. The Balaban J connectivity index is 1.28. The highest BCUT2D eigenvalue weighted by Gasteiger charge is 2.32. The fourth-order valence-electron chi connectivity index (χ4n) is 4.99. The Labute approximate surface area is 194 Å². The number of carbonyl (C=O) groups excluding carboxylic acids is 2. The lowest BCUT2D eigenvalue weighted by Gasteiger charge is -2.32. The number of para-hydroxylation sites is 2. The Morgan fingerprint density at radius 2 is 1.85 bits per heavy atom. The van der Waals surface area contributed by atoms with Crippen LogP contribution in [0, 0.1) is 5.92 Å². The maximum atomic E-state index is 13.4. The van der Waals surface area contributed by atoms with Crippen molar-refractivity contribution in [2.24, 2.45) is 5.92 Å². The molecule has 2 unspecified atom stereocenters. The van der Waals surface area contributed by atoms with Gasteiger partial charge in [-0.3, -0.25) is 9.59 Å². The number of fused-ring (bicyclic) bond motifs is 1. The van der Waals surface area contributed by atoms with Crippen molar-refractivity contribution in [3.05, 3.63) is 83.8 Å². The number of nitrogens with one attached hydrogen (secondary N) is 1. The van der Waals surface area contributed by atoms with E-state index in [1.54, 1.807) is 17.2 Å². The summed E-state index contributed by atoms with van der Waals surface area (Å²) in [6.45, 7) is 3.83. The van der Waals surface area contributed by atoms with Crippen LogP contribution in [-0.2, 0) is 17.8 Å². The van der Waals surface area contributed by atoms with E-state index in [1.807, 2.05) is 36.4 Å². The first kappa shape index (κ1) is 21.3. The van der Waals surface area contributed by atoms with Gasteiger partial charge in [0.15, 0.2) is 0 Å². The van der Waals surface area contributed by atoms with Gasteiger partial charge in [-0.05, 0) is 56.0 Å². The Morgan fingerprint density at radius 3 is 2.70 bits per heavy atom. The molecule has 2 amide bonds. The molecule has 0 spiro atoms. The third-order valence-electron chi connectivity index (χ3n) is 6.76. The van der Waals surface area contributed by atoms with Gasteiger partial charge in [-0.2, -0.15) is 0 Å². The van der Waals surface area contributed by atoms with Crippen LogP contribution in [0.25, 0.3) is 0 Å². The van der Waals surface area contributed by atoms with Gasteiger partial charge in [0.1, 0.15) is 5.76 Å². The summed E-state index contributed by atoms with van der Waals surface area (Å²) >= 11 is 0. The summed E-state index contributed by atoms with van der Waals surface area (Å²) < 4.78 is 5.79. The molecule has 0 radical (unpaired) electrons. The molecule has 6 nitrogen and oxygen atoms in total. The summed E-state index contributed by atoms with van der Waals surface area (Å²) in [5.74, 6) is 0.368. The second kappa shape index (κ2) is 9.14. The molecule has 2 atom stereocenters. The maximum Gasteiger partial charge on any atom is 0.257 e. The number of furan rings is 1. The van der Waals surface area contributed by atoms with Crippen molar-refractivity contribution in [1.29, 1.82) is 0 Å². The Bertz CT molecular complexity index is 1140. The molecule has 0 bridgehead atoms. The second-order valence-electron chi connectivity index (χ2n) is 9.01. The summed E-state index contributed by atoms with van der Waals surface area (Å²) in [4.78, 5) is 30.3. The second-order valence-corrected chi connectivity index (χ2v) is 9.01. The molecule has 33 heavy (non-hydrogen) atoms. The van der Waals surface area contributed by atoms with Crippen LogP contribution in [0.2, 0.25) is 0 Å². The topological polar surface area (TPSA) is 65.8 Å². The number of piperidine rings is 1. The molecular weight excluding hydrogens is 414 g/mol. The van der Waals surface area contributed by atoms with Crippen molar-refractivity contribution in [1.82, 2.24) is 4.90 Å². The van der Waals surface area contributed by atoms with Gasteiger partial charge in [0.05, 0.1) is 24.3 Å². The first-order valence-electron chi connectivity index (χ1n) is 11.7. The molecule has 3 heterocycles. The van der Waals surface area contributed by atoms with E-state index in [2.05, 4.69) is 35.3 Å². The molecule has 6 heteroatoms. The van der Waals surface area contributed by atoms with Crippen LogP contribution in [-0.4, -0.2) is 35.8 Å². The smallest absolute Gasteiger partial charge is 0.257 e. The van der Waals surface area contributed by atoms with Gasteiger partial charge in [-0.1, -0.05) is 36.4 Å². The fraction of sp³-hybridized carbons (Fsp3) is 0.333. The summed E-state index contributed by atoms with van der Waals surface area (Å²) in [6, 6.07) is 20.0. The quantitative estimate of drug-likeness (QED) is 0.620. The Hall–Kier alpha value is -3.54. The van der Waals surface area contributed by atoms with Gasteiger partial charge in [0, 0.05) is 30.5 Å². The van der Waals surface area contributed by atoms with Crippen molar-refractivity contribution >= 4 is 23.2 Å². The largest absolute Gasteiger partial charge is 0.467 e. The SMILES string of the molecule is CC1Cc2ccccc2N1Cc1occc1C(=O)N1CCCC(C(=O)Nc2ccccc2)C1. The van der Waals surface area contributed by atoms with Crippen LogP contribution in [0.5, 0.6) is 0 Å². The van der Waals surface area contributed by atoms with E-state index in [0.717, 1.165) is 24.9 Å². The number of benzene rings is 2. The number of rotatable bonds is 5. The van der Waals surface area contributed by atoms with E-state index in [4.69, 9.17) is 4.42 Å². The van der Waals surface area contributed by atoms with Gasteiger partial charge in [-0.15, -0.1) is 0 Å². The van der Waals surface area contributed by atoms with E-state index in [9.17, 15) is 9.59 Å². The molecule has 1 fully saturated rings. The highest BCUT2D eigenvalue weighted by Crippen LogP contribution is 2.34. The van der Waals surface area contributed by atoms with E-state index in [1.165, 1.54) is 11.3 Å². The van der Waals surface area contributed by atoms with E-state index < -0.39 is 0 Å². The minimum Gasteiger partial charge on any atom is -0.467 e. The zero-order valence-corrected chi connectivity index (χ0v) is 18.9. The molecule has 0 aliphatic carbocycles. The lowest BCUT2D eigenvalue weighted by atomic mass is 9.96. The standard InChI is InChI=1S/C27H29N3O3/c1-19-16-20-8-5-6-12-24(20)30(19)18-25-23(13-15-33-25)27(32)29-14-7-9-21(17-29)26(31)28-22-10-3-2-4-11-22/h2-6,8,10-13,15,19,21H,7,9,14,16-18H2,1H3,(H,28,31). The minimum absolute atomic E-state index is 0.0337. The van der Waals surface area contributed by atoms with Gasteiger partial charge >= 0.3 is 0 Å². The van der Waals surface area contributed by atoms with Crippen molar-refractivity contribution < 1.29 is 14.0 Å². The van der Waals surface area contributed by atoms with Crippen LogP contribution in [0.1, 0.15) is 41.4 Å². The molecule has 2 aliphatic rings. The van der Waals surface area contributed by atoms with E-state index in [0.29, 0.717) is 37.0 Å². The molecular formula is C27H29N3O3. The zero-order valence-electron chi connectivity index (χ0n) is 18.9. The van der Waals surface area contributed by atoms with Crippen molar-refractivity contribution in [2.75, 3.05) is 23.3 Å². The number of carbonyl (C=O) groups is 2. The average molecular weight is 444 g/mol. The van der Waals surface area contributed by atoms with E-state index >= 15 is 0 Å². The lowest BCUT2D eigenvalue weighted by Crippen LogP contribution is -2.44. The van der Waals surface area contributed by atoms with Crippen LogP contribution < -0.4 is 10.2 Å². The number of likely N-dealkylation sites (tertiary alicyclic amines) is 1. The third kappa shape index (κ3) is 4.38. The molecule has 0 saturated carbocycles. The van der Waals surface area contributed by atoms with Crippen LogP contribution in [0.3, 0.4) is 0 Å². The first-order chi connectivity index (χ1) is 16.1. The normalized spacial score (nSPS) is 19.9. The summed E-state index contributed by atoms with van der Waals surface area (Å²) in [5.41, 5.74) is 3.90. The Kier molecular flexibility index (Phi) is 5.90.